The summed E-state index contributed by atoms with van der Waals surface area (Å²) in [6.07, 6.45) is 2.32. The lowest BCUT2D eigenvalue weighted by Gasteiger charge is -2.26. The van der Waals surface area contributed by atoms with Gasteiger partial charge >= 0.3 is 6.03 Å². The summed E-state index contributed by atoms with van der Waals surface area (Å²) in [6.45, 7) is 2.34. The van der Waals surface area contributed by atoms with E-state index >= 15 is 0 Å². The van der Waals surface area contributed by atoms with Gasteiger partial charge in [-0.2, -0.15) is 0 Å². The fourth-order valence-corrected chi connectivity index (χ4v) is 1.56. The van der Waals surface area contributed by atoms with Crippen LogP contribution in [0.5, 0.6) is 0 Å². The van der Waals surface area contributed by atoms with Crippen molar-refractivity contribution in [1.82, 2.24) is 10.2 Å². The summed E-state index contributed by atoms with van der Waals surface area (Å²) in [5.41, 5.74) is 0. The molecule has 0 saturated heterocycles. The molecule has 1 rings (SSSR count). The summed E-state index contributed by atoms with van der Waals surface area (Å²) in [4.78, 5) is 13.3. The van der Waals surface area contributed by atoms with Gasteiger partial charge in [-0.1, -0.05) is 0 Å². The number of nitrogens with one attached hydrogen (secondary N) is 1. The Balaban J connectivity index is 2.40. The molecule has 2 amide bonds. The fraction of sp³-hybridized carbons (Fsp3) is 0.909. The largest absolute Gasteiger partial charge is 0.394 e. The van der Waals surface area contributed by atoms with Crippen molar-refractivity contribution in [3.63, 3.8) is 0 Å². The summed E-state index contributed by atoms with van der Waals surface area (Å²) >= 11 is 0. The minimum atomic E-state index is -0.164. The predicted octanol–water partition coefficient (Wildman–Crippen LogP) is 0.434. The lowest BCUT2D eigenvalue weighted by atomic mass is 10.2. The Kier molecular flexibility index (Phi) is 5.02. The summed E-state index contributed by atoms with van der Waals surface area (Å²) in [5, 5.41) is 11.9. The van der Waals surface area contributed by atoms with Crippen molar-refractivity contribution in [1.29, 1.82) is 0 Å². The molecule has 2 atom stereocenters. The fourth-order valence-electron chi connectivity index (χ4n) is 1.56. The second kappa shape index (κ2) is 6.06. The number of urea groups is 1. The first-order valence-corrected chi connectivity index (χ1v) is 5.73. The number of amides is 2. The van der Waals surface area contributed by atoms with Crippen molar-refractivity contribution >= 4 is 6.03 Å². The summed E-state index contributed by atoms with van der Waals surface area (Å²) in [7, 11) is 3.33. The Bertz CT molecular complexity index is 231. The molecule has 2 N–H and O–H groups in total. The Morgan fingerprint density at radius 2 is 2.25 bits per heavy atom. The molecular weight excluding hydrogens is 208 g/mol. The molecule has 1 saturated carbocycles. The predicted molar refractivity (Wildman–Crippen MR) is 61.2 cm³/mol. The first kappa shape index (κ1) is 13.3. The number of rotatable bonds is 6. The maximum Gasteiger partial charge on any atom is 0.317 e. The maximum atomic E-state index is 11.8. The van der Waals surface area contributed by atoms with Crippen LogP contribution in [0.2, 0.25) is 0 Å². The van der Waals surface area contributed by atoms with Gasteiger partial charge in [0.25, 0.3) is 0 Å². The molecule has 0 heterocycles. The number of likely N-dealkylation sites (N-methyl/N-ethyl adjacent to an activating group) is 1. The molecule has 0 spiro atoms. The zero-order valence-electron chi connectivity index (χ0n) is 10.3. The van der Waals surface area contributed by atoms with Crippen molar-refractivity contribution in [3.05, 3.63) is 0 Å². The van der Waals surface area contributed by atoms with Gasteiger partial charge in [0.1, 0.15) is 0 Å². The van der Waals surface area contributed by atoms with Crippen LogP contribution in [0.25, 0.3) is 0 Å². The van der Waals surface area contributed by atoms with E-state index in [9.17, 15) is 4.79 Å². The molecule has 1 aliphatic carbocycles. The number of carbonyl (C=O) groups excluding carboxylic acids is 1. The molecule has 1 aliphatic rings. The number of hydrogen-bond acceptors (Lipinski definition) is 3. The quantitative estimate of drug-likeness (QED) is 0.695. The van der Waals surface area contributed by atoms with E-state index < -0.39 is 0 Å². The number of hydrogen-bond donors (Lipinski definition) is 2. The zero-order valence-corrected chi connectivity index (χ0v) is 10.3. The highest BCUT2D eigenvalue weighted by atomic mass is 16.5. The lowest BCUT2D eigenvalue weighted by molar-refractivity contribution is 0.134. The third kappa shape index (κ3) is 3.64. The summed E-state index contributed by atoms with van der Waals surface area (Å²) in [5.74, 6) is 0.557. The summed E-state index contributed by atoms with van der Waals surface area (Å²) in [6, 6.07) is -0.205. The van der Waals surface area contributed by atoms with Crippen LogP contribution in [0.1, 0.15) is 19.8 Å². The molecule has 0 aliphatic heterocycles. The van der Waals surface area contributed by atoms with Crippen molar-refractivity contribution in [2.75, 3.05) is 27.4 Å². The molecule has 0 aromatic carbocycles. The highest BCUT2D eigenvalue weighted by Gasteiger charge is 2.33. The number of ether oxygens (including phenoxy) is 1. The molecule has 5 heteroatoms. The molecule has 0 aromatic heterocycles. The van der Waals surface area contributed by atoms with Gasteiger partial charge in [-0.3, -0.25) is 0 Å². The van der Waals surface area contributed by atoms with Gasteiger partial charge in [0, 0.05) is 14.2 Å². The molecule has 5 nitrogen and oxygen atoms in total. The van der Waals surface area contributed by atoms with Crippen molar-refractivity contribution < 1.29 is 14.6 Å². The minimum Gasteiger partial charge on any atom is -0.394 e. The molecule has 2 unspecified atom stereocenters. The Morgan fingerprint density at radius 3 is 2.69 bits per heavy atom. The van der Waals surface area contributed by atoms with Crippen LogP contribution in [0.4, 0.5) is 4.79 Å². The van der Waals surface area contributed by atoms with E-state index in [1.165, 1.54) is 4.90 Å². The van der Waals surface area contributed by atoms with E-state index in [-0.39, 0.29) is 24.7 Å². The number of carbonyl (C=O) groups is 1. The second-order valence-corrected chi connectivity index (χ2v) is 4.49. The smallest absolute Gasteiger partial charge is 0.317 e. The lowest BCUT2D eigenvalue weighted by Crippen LogP contribution is -2.49. The number of methoxy groups -OCH3 is 1. The third-order valence-electron chi connectivity index (χ3n) is 3.09. The number of aliphatic hydroxyl groups is 1. The molecule has 0 radical (unpaired) electrons. The molecule has 0 aromatic rings. The molecule has 94 valence electrons. The SMILES string of the molecule is COCC(NC(=O)N(C)C(C)CO)C1CC1. The first-order chi connectivity index (χ1) is 7.60. The molecular formula is C11H22N2O3. The molecule has 1 fully saturated rings. The van der Waals surface area contributed by atoms with Gasteiger partial charge in [0.15, 0.2) is 0 Å². The van der Waals surface area contributed by atoms with E-state index in [1.54, 1.807) is 14.2 Å². The zero-order chi connectivity index (χ0) is 12.1. The highest BCUT2D eigenvalue weighted by Crippen LogP contribution is 2.32. The van der Waals surface area contributed by atoms with Gasteiger partial charge in [-0.15, -0.1) is 0 Å². The standard InChI is InChI=1S/C11H22N2O3/c1-8(6-14)13(2)11(15)12-10(7-16-3)9-4-5-9/h8-10,14H,4-7H2,1-3H3,(H,12,15). The number of nitrogens with zero attached hydrogens (tertiary/aromatic N) is 1. The van der Waals surface area contributed by atoms with Crippen LogP contribution >= 0.6 is 0 Å². The van der Waals surface area contributed by atoms with Crippen LogP contribution in [0, 0.1) is 5.92 Å². The molecule has 0 bridgehead atoms. The van der Waals surface area contributed by atoms with E-state index in [4.69, 9.17) is 9.84 Å². The van der Waals surface area contributed by atoms with Crippen LogP contribution in [0.3, 0.4) is 0 Å². The van der Waals surface area contributed by atoms with Gasteiger partial charge in [0.05, 0.1) is 25.3 Å². The Labute approximate surface area is 96.8 Å². The molecule has 16 heavy (non-hydrogen) atoms. The van der Waals surface area contributed by atoms with Gasteiger partial charge in [-0.05, 0) is 25.7 Å². The van der Waals surface area contributed by atoms with Crippen LogP contribution in [-0.4, -0.2) is 55.5 Å². The maximum absolute atomic E-state index is 11.8. The topological polar surface area (TPSA) is 61.8 Å². The van der Waals surface area contributed by atoms with Crippen LogP contribution in [-0.2, 0) is 4.74 Å². The van der Waals surface area contributed by atoms with Crippen LogP contribution < -0.4 is 5.32 Å². The average Bonchev–Trinajstić information content (AvgIpc) is 3.10. The van der Waals surface area contributed by atoms with E-state index in [2.05, 4.69) is 5.32 Å². The third-order valence-corrected chi connectivity index (χ3v) is 3.09. The Hall–Kier alpha value is -0.810. The van der Waals surface area contributed by atoms with Crippen molar-refractivity contribution in [2.45, 2.75) is 31.8 Å². The Morgan fingerprint density at radius 1 is 1.62 bits per heavy atom. The second-order valence-electron chi connectivity index (χ2n) is 4.49. The minimum absolute atomic E-state index is 0.0255. The van der Waals surface area contributed by atoms with E-state index in [0.717, 1.165) is 12.8 Å². The van der Waals surface area contributed by atoms with E-state index in [0.29, 0.717) is 12.5 Å². The highest BCUT2D eigenvalue weighted by molar-refractivity contribution is 5.74. The number of aliphatic hydroxyl groups excluding tert-OH is 1. The monoisotopic (exact) mass is 230 g/mol. The van der Waals surface area contributed by atoms with E-state index in [1.807, 2.05) is 6.92 Å². The van der Waals surface area contributed by atoms with Gasteiger partial charge < -0.3 is 20.1 Å². The van der Waals surface area contributed by atoms with Gasteiger partial charge in [-0.25, -0.2) is 4.79 Å². The van der Waals surface area contributed by atoms with Crippen molar-refractivity contribution in [3.8, 4) is 0 Å². The van der Waals surface area contributed by atoms with Crippen LogP contribution in [0.15, 0.2) is 0 Å². The summed E-state index contributed by atoms with van der Waals surface area (Å²) < 4.78 is 5.09. The first-order valence-electron chi connectivity index (χ1n) is 5.73. The van der Waals surface area contributed by atoms with Gasteiger partial charge in [0.2, 0.25) is 0 Å². The normalized spacial score (nSPS) is 19.0. The van der Waals surface area contributed by atoms with Crippen molar-refractivity contribution in [2.24, 2.45) is 5.92 Å². The average molecular weight is 230 g/mol.